The number of halogens is 1. The molecule has 0 radical (unpaired) electrons. The van der Waals surface area contributed by atoms with E-state index in [4.69, 9.17) is 11.6 Å². The molecule has 3 nitrogen and oxygen atoms in total. The molecule has 1 aromatic carbocycles. The van der Waals surface area contributed by atoms with Crippen molar-refractivity contribution in [2.24, 2.45) is 4.99 Å². The minimum atomic E-state index is 0.104. The Balaban J connectivity index is 2.31. The van der Waals surface area contributed by atoms with Gasteiger partial charge in [0.15, 0.2) is 0 Å². The van der Waals surface area contributed by atoms with E-state index in [9.17, 15) is 4.79 Å². The van der Waals surface area contributed by atoms with Gasteiger partial charge in [-0.05, 0) is 0 Å². The Kier molecular flexibility index (Phi) is 5.03. The zero-order valence-electron chi connectivity index (χ0n) is 11.8. The minimum absolute atomic E-state index is 0.104. The molecule has 2 rings (SSSR count). The second kappa shape index (κ2) is 6.57. The zero-order valence-corrected chi connectivity index (χ0v) is 14.3. The second-order valence-electron chi connectivity index (χ2n) is 4.40. The van der Waals surface area contributed by atoms with E-state index in [0.717, 1.165) is 29.0 Å². The molecule has 0 saturated heterocycles. The van der Waals surface area contributed by atoms with Gasteiger partial charge in [-0.25, -0.2) is 0 Å². The van der Waals surface area contributed by atoms with Crippen LogP contribution in [0.3, 0.4) is 0 Å². The van der Waals surface area contributed by atoms with Crippen LogP contribution in [0.4, 0.5) is 5.69 Å². The van der Waals surface area contributed by atoms with E-state index < -0.39 is 0 Å². The molecular weight excluding hydrogens is 339 g/mol. The van der Waals surface area contributed by atoms with Crippen molar-refractivity contribution in [1.29, 1.82) is 0 Å². The van der Waals surface area contributed by atoms with Crippen LogP contribution in [0, 0.1) is 0 Å². The third-order valence-electron chi connectivity index (χ3n) is 3.08. The second-order valence-corrected chi connectivity index (χ2v) is 6.89. The summed E-state index contributed by atoms with van der Waals surface area (Å²) in [5.41, 5.74) is 1.66. The van der Waals surface area contributed by atoms with Crippen LogP contribution < -0.4 is 0 Å². The van der Waals surface area contributed by atoms with Crippen molar-refractivity contribution >= 4 is 42.6 Å². The number of ketones is 1. The van der Waals surface area contributed by atoms with Crippen molar-refractivity contribution in [3.05, 3.63) is 39.5 Å². The van der Waals surface area contributed by atoms with Gasteiger partial charge in [0.1, 0.15) is 0 Å². The monoisotopic (exact) mass is 356 g/mol. The van der Waals surface area contributed by atoms with E-state index in [1.807, 2.05) is 24.3 Å². The molecule has 1 aromatic rings. The van der Waals surface area contributed by atoms with Gasteiger partial charge in [-0.1, -0.05) is 0 Å². The van der Waals surface area contributed by atoms with Crippen LogP contribution in [-0.4, -0.2) is 43.3 Å². The first kappa shape index (κ1) is 15.3. The number of carbonyl (C=O) groups is 1. The van der Waals surface area contributed by atoms with Gasteiger partial charge >= 0.3 is 131 Å². The van der Waals surface area contributed by atoms with Gasteiger partial charge in [0.25, 0.3) is 0 Å². The van der Waals surface area contributed by atoms with Gasteiger partial charge in [0.05, 0.1) is 0 Å². The van der Waals surface area contributed by atoms with Crippen molar-refractivity contribution in [3.8, 4) is 0 Å². The standard InChI is InChI=1S/C15H17ClN2OSe/c1-4-18(5-2)15-13(10(3)19)14(20-15)17-12-8-6-11(16)7-9-12/h6-9H,4-5H2,1-3H3. The summed E-state index contributed by atoms with van der Waals surface area (Å²) in [5, 5.41) is 0.694. The number of allylic oxidation sites excluding steroid dienone is 1. The maximum atomic E-state index is 11.9. The predicted molar refractivity (Wildman–Crippen MR) is 84.9 cm³/mol. The average Bonchev–Trinajstić information content (AvgIpc) is 2.39. The molecule has 0 atom stereocenters. The van der Waals surface area contributed by atoms with E-state index in [1.54, 1.807) is 6.92 Å². The number of hydrogen-bond acceptors (Lipinski definition) is 3. The molecule has 0 aliphatic carbocycles. The Bertz CT molecular complexity index is 574. The van der Waals surface area contributed by atoms with Crippen molar-refractivity contribution in [2.75, 3.05) is 13.1 Å². The van der Waals surface area contributed by atoms with Gasteiger partial charge in [-0.3, -0.25) is 0 Å². The maximum absolute atomic E-state index is 11.9. The molecule has 1 aliphatic heterocycles. The predicted octanol–water partition coefficient (Wildman–Crippen LogP) is 3.23. The van der Waals surface area contributed by atoms with E-state index in [0.29, 0.717) is 5.02 Å². The summed E-state index contributed by atoms with van der Waals surface area (Å²) in [6, 6.07) is 7.38. The molecule has 0 unspecified atom stereocenters. The first-order valence-electron chi connectivity index (χ1n) is 6.59. The normalized spacial score (nSPS) is 16.3. The van der Waals surface area contributed by atoms with E-state index in [2.05, 4.69) is 23.7 Å². The molecule has 0 N–H and O–H groups in total. The van der Waals surface area contributed by atoms with E-state index in [1.165, 1.54) is 4.60 Å². The number of carbonyl (C=O) groups excluding carboxylic acids is 1. The molecule has 0 spiro atoms. The summed E-state index contributed by atoms with van der Waals surface area (Å²) < 4.78 is 2.12. The summed E-state index contributed by atoms with van der Waals surface area (Å²) in [5.74, 6) is 0.104. The molecule has 0 amide bonds. The van der Waals surface area contributed by atoms with Crippen LogP contribution >= 0.6 is 11.6 Å². The number of hydrogen-bond donors (Lipinski definition) is 0. The Hall–Kier alpha value is -1.09. The average molecular weight is 356 g/mol. The molecule has 1 aliphatic rings. The fourth-order valence-electron chi connectivity index (χ4n) is 1.99. The molecule has 1 heterocycles. The van der Waals surface area contributed by atoms with Crippen LogP contribution in [-0.2, 0) is 4.79 Å². The van der Waals surface area contributed by atoms with Crippen LogP contribution in [0.1, 0.15) is 20.8 Å². The molecular formula is C15H17ClN2OSe. The Morgan fingerprint density at radius 1 is 1.25 bits per heavy atom. The SMILES string of the molecule is CCN(CC)C1=C(C(C)=O)C(=Nc2ccc(Cl)cc2)[Se]1. The third-order valence-corrected chi connectivity index (χ3v) is 5.73. The number of Topliss-reactive ketones (excluding diaryl/α,β-unsaturated/α-hetero) is 1. The fourth-order valence-corrected chi connectivity index (χ4v) is 4.74. The topological polar surface area (TPSA) is 32.7 Å². The Morgan fingerprint density at radius 3 is 2.35 bits per heavy atom. The summed E-state index contributed by atoms with van der Waals surface area (Å²) >= 11 is 6.02. The number of nitrogens with zero attached hydrogens (tertiary/aromatic N) is 2. The number of rotatable bonds is 5. The Morgan fingerprint density at radius 2 is 1.85 bits per heavy atom. The number of benzene rings is 1. The Labute approximate surface area is 130 Å². The van der Waals surface area contributed by atoms with Crippen LogP contribution in [0.2, 0.25) is 5.02 Å². The molecule has 0 fully saturated rings. The zero-order chi connectivity index (χ0) is 14.7. The molecule has 0 aromatic heterocycles. The fraction of sp³-hybridized carbons (Fsp3) is 0.333. The first-order chi connectivity index (χ1) is 9.56. The quantitative estimate of drug-likeness (QED) is 0.760. The molecule has 106 valence electrons. The van der Waals surface area contributed by atoms with Crippen molar-refractivity contribution < 1.29 is 4.79 Å². The third kappa shape index (κ3) is 3.14. The first-order valence-corrected chi connectivity index (χ1v) is 8.68. The van der Waals surface area contributed by atoms with Gasteiger partial charge in [0.2, 0.25) is 0 Å². The van der Waals surface area contributed by atoms with Gasteiger partial charge in [-0.2, -0.15) is 0 Å². The van der Waals surface area contributed by atoms with Crippen LogP contribution in [0.5, 0.6) is 0 Å². The van der Waals surface area contributed by atoms with Crippen LogP contribution in [0.25, 0.3) is 0 Å². The molecule has 0 saturated carbocycles. The molecule has 5 heteroatoms. The summed E-state index contributed by atoms with van der Waals surface area (Å²) in [4.78, 5) is 18.7. The van der Waals surface area contributed by atoms with E-state index in [-0.39, 0.29) is 20.7 Å². The van der Waals surface area contributed by atoms with Crippen LogP contribution in [0.15, 0.2) is 39.4 Å². The summed E-state index contributed by atoms with van der Waals surface area (Å²) in [6.07, 6.45) is 0. The summed E-state index contributed by atoms with van der Waals surface area (Å²) in [6.45, 7) is 7.69. The van der Waals surface area contributed by atoms with Crippen molar-refractivity contribution in [1.82, 2.24) is 4.90 Å². The van der Waals surface area contributed by atoms with Crippen molar-refractivity contribution in [2.45, 2.75) is 20.8 Å². The van der Waals surface area contributed by atoms with E-state index >= 15 is 0 Å². The molecule has 0 bridgehead atoms. The van der Waals surface area contributed by atoms with Gasteiger partial charge in [0, 0.05) is 0 Å². The molecule has 20 heavy (non-hydrogen) atoms. The van der Waals surface area contributed by atoms with Gasteiger partial charge < -0.3 is 0 Å². The number of aliphatic imine (C=N–C) groups is 1. The van der Waals surface area contributed by atoms with Crippen molar-refractivity contribution in [3.63, 3.8) is 0 Å². The summed E-state index contributed by atoms with van der Waals surface area (Å²) in [7, 11) is 0. The van der Waals surface area contributed by atoms with Gasteiger partial charge in [-0.15, -0.1) is 0 Å².